The van der Waals surface area contributed by atoms with Gasteiger partial charge in [0.05, 0.1) is 17.0 Å². The zero-order chi connectivity index (χ0) is 16.3. The van der Waals surface area contributed by atoms with Crippen molar-refractivity contribution in [1.82, 2.24) is 9.55 Å². The molecule has 0 radical (unpaired) electrons. The van der Waals surface area contributed by atoms with E-state index in [9.17, 15) is 9.90 Å². The molecule has 3 atom stereocenters. The van der Waals surface area contributed by atoms with Gasteiger partial charge in [-0.25, -0.2) is 4.98 Å². The highest BCUT2D eigenvalue weighted by molar-refractivity contribution is 5.83. The fourth-order valence-corrected chi connectivity index (χ4v) is 3.86. The van der Waals surface area contributed by atoms with Crippen molar-refractivity contribution < 1.29 is 5.11 Å². The number of aliphatic hydroxyl groups is 1. The Bertz CT molecular complexity index is 832. The Morgan fingerprint density at radius 2 is 2.04 bits per heavy atom. The molecule has 5 heteroatoms. The second-order valence-electron chi connectivity index (χ2n) is 7.11. The normalized spacial score (nSPS) is 24.1. The number of hydrogen-bond donors (Lipinski definition) is 1. The molecule has 1 saturated heterocycles. The van der Waals surface area contributed by atoms with Crippen LogP contribution in [0.1, 0.15) is 37.0 Å². The van der Waals surface area contributed by atoms with Crippen LogP contribution in [0.25, 0.3) is 10.9 Å². The number of aryl methyl sites for hydroxylation is 1. The lowest BCUT2D eigenvalue weighted by Gasteiger charge is -2.23. The topological polar surface area (TPSA) is 58.4 Å². The van der Waals surface area contributed by atoms with Gasteiger partial charge in [-0.2, -0.15) is 0 Å². The highest BCUT2D eigenvalue weighted by Crippen LogP contribution is 2.45. The first-order chi connectivity index (χ1) is 11.0. The van der Waals surface area contributed by atoms with Gasteiger partial charge >= 0.3 is 0 Å². The molecule has 3 unspecified atom stereocenters. The Morgan fingerprint density at radius 1 is 1.35 bits per heavy atom. The average molecular weight is 313 g/mol. The summed E-state index contributed by atoms with van der Waals surface area (Å²) in [4.78, 5) is 19.9. The summed E-state index contributed by atoms with van der Waals surface area (Å²) in [5, 5.41) is 11.0. The number of benzene rings is 1. The number of aromatic nitrogens is 2. The molecule has 1 aromatic carbocycles. The van der Waals surface area contributed by atoms with Crippen molar-refractivity contribution in [1.29, 1.82) is 0 Å². The van der Waals surface area contributed by atoms with E-state index in [0.29, 0.717) is 17.3 Å². The van der Waals surface area contributed by atoms with Crippen LogP contribution in [0.4, 0.5) is 5.95 Å². The van der Waals surface area contributed by atoms with Crippen molar-refractivity contribution in [3.63, 3.8) is 0 Å². The lowest BCUT2D eigenvalue weighted by atomic mass is 10.0. The molecule has 1 saturated carbocycles. The highest BCUT2D eigenvalue weighted by Gasteiger charge is 2.46. The summed E-state index contributed by atoms with van der Waals surface area (Å²) < 4.78 is 1.66. The van der Waals surface area contributed by atoms with E-state index in [1.807, 2.05) is 26.0 Å². The van der Waals surface area contributed by atoms with Crippen LogP contribution in [-0.4, -0.2) is 27.7 Å². The third-order valence-corrected chi connectivity index (χ3v) is 5.34. The maximum absolute atomic E-state index is 12.8. The van der Waals surface area contributed by atoms with Crippen LogP contribution in [0.2, 0.25) is 0 Å². The van der Waals surface area contributed by atoms with Gasteiger partial charge in [-0.3, -0.25) is 9.36 Å². The monoisotopic (exact) mass is 313 g/mol. The van der Waals surface area contributed by atoms with Gasteiger partial charge in [0.1, 0.15) is 0 Å². The Labute approximate surface area is 135 Å². The molecule has 2 aromatic rings. The summed E-state index contributed by atoms with van der Waals surface area (Å²) in [7, 11) is 1.80. The molecule has 122 valence electrons. The average Bonchev–Trinajstić information content (AvgIpc) is 3.15. The molecule has 2 fully saturated rings. The molecule has 1 aliphatic heterocycles. The summed E-state index contributed by atoms with van der Waals surface area (Å²) in [6.07, 6.45) is 1.34. The van der Waals surface area contributed by atoms with E-state index in [4.69, 9.17) is 4.98 Å². The van der Waals surface area contributed by atoms with Crippen LogP contribution in [0.5, 0.6) is 0 Å². The van der Waals surface area contributed by atoms with Gasteiger partial charge in [0.2, 0.25) is 5.95 Å². The van der Waals surface area contributed by atoms with Crippen LogP contribution in [0.3, 0.4) is 0 Å². The molecule has 0 bridgehead atoms. The fourth-order valence-electron chi connectivity index (χ4n) is 3.86. The van der Waals surface area contributed by atoms with Crippen molar-refractivity contribution in [3.8, 4) is 0 Å². The maximum Gasteiger partial charge on any atom is 0.262 e. The molecule has 2 heterocycles. The molecular weight excluding hydrogens is 290 g/mol. The standard InChI is InChI=1S/C18H23N3O2/c1-4-15(22)13-5-10(2)6-14-16(13)19-18(20(3)17(14)23)21-8-11-7-12(11)9-21/h5-6,11-12,15,22H,4,7-9H2,1-3H3. The van der Waals surface area contributed by atoms with Crippen molar-refractivity contribution in [2.75, 3.05) is 18.0 Å². The van der Waals surface area contributed by atoms with E-state index in [1.165, 1.54) is 6.42 Å². The third kappa shape index (κ3) is 2.26. The predicted molar refractivity (Wildman–Crippen MR) is 90.8 cm³/mol. The van der Waals surface area contributed by atoms with Gasteiger partial charge in [-0.15, -0.1) is 0 Å². The Kier molecular flexibility index (Phi) is 3.23. The Morgan fingerprint density at radius 3 is 2.70 bits per heavy atom. The summed E-state index contributed by atoms with van der Waals surface area (Å²) in [6, 6.07) is 3.83. The summed E-state index contributed by atoms with van der Waals surface area (Å²) in [5.74, 6) is 2.30. The van der Waals surface area contributed by atoms with E-state index in [-0.39, 0.29) is 5.56 Å². The molecule has 1 N–H and O–H groups in total. The van der Waals surface area contributed by atoms with Gasteiger partial charge in [0.15, 0.2) is 0 Å². The lowest BCUT2D eigenvalue weighted by Crippen LogP contribution is -2.31. The number of hydrogen-bond acceptors (Lipinski definition) is 4. The number of rotatable bonds is 3. The number of fused-ring (bicyclic) bond motifs is 2. The van der Waals surface area contributed by atoms with Crippen LogP contribution in [0, 0.1) is 18.8 Å². The van der Waals surface area contributed by atoms with Gasteiger partial charge < -0.3 is 10.0 Å². The Hall–Kier alpha value is -1.88. The zero-order valence-corrected chi connectivity index (χ0v) is 13.9. The second kappa shape index (κ2) is 5.06. The van der Waals surface area contributed by atoms with Crippen molar-refractivity contribution >= 4 is 16.9 Å². The minimum atomic E-state index is -0.586. The Balaban J connectivity index is 1.93. The van der Waals surface area contributed by atoms with Crippen molar-refractivity contribution in [3.05, 3.63) is 33.6 Å². The predicted octanol–water partition coefficient (Wildman–Crippen LogP) is 2.14. The van der Waals surface area contributed by atoms with Gasteiger partial charge in [-0.1, -0.05) is 13.0 Å². The number of piperidine rings is 1. The SMILES string of the molecule is CCC(O)c1cc(C)cc2c(=O)n(C)c(N3CC4CC4C3)nc12. The third-order valence-electron chi connectivity index (χ3n) is 5.34. The highest BCUT2D eigenvalue weighted by atomic mass is 16.3. The first kappa shape index (κ1) is 14.7. The second-order valence-corrected chi connectivity index (χ2v) is 7.11. The summed E-state index contributed by atoms with van der Waals surface area (Å²) in [5.41, 5.74) is 2.38. The molecule has 1 aliphatic carbocycles. The van der Waals surface area contributed by atoms with E-state index >= 15 is 0 Å². The van der Waals surface area contributed by atoms with Crippen LogP contribution in [-0.2, 0) is 7.05 Å². The van der Waals surface area contributed by atoms with Crippen LogP contribution in [0.15, 0.2) is 16.9 Å². The van der Waals surface area contributed by atoms with E-state index in [2.05, 4.69) is 4.90 Å². The van der Waals surface area contributed by atoms with E-state index < -0.39 is 6.10 Å². The molecule has 4 rings (SSSR count). The minimum Gasteiger partial charge on any atom is -0.388 e. The van der Waals surface area contributed by atoms with Crippen molar-refractivity contribution in [2.24, 2.45) is 18.9 Å². The lowest BCUT2D eigenvalue weighted by molar-refractivity contribution is 0.175. The number of anilines is 1. The smallest absolute Gasteiger partial charge is 0.262 e. The van der Waals surface area contributed by atoms with Crippen LogP contribution >= 0.6 is 0 Å². The molecule has 0 amide bonds. The molecule has 2 aliphatic rings. The molecule has 5 nitrogen and oxygen atoms in total. The number of aliphatic hydroxyl groups excluding tert-OH is 1. The molecule has 23 heavy (non-hydrogen) atoms. The molecule has 1 aromatic heterocycles. The summed E-state index contributed by atoms with van der Waals surface area (Å²) in [6.45, 7) is 5.88. The fraction of sp³-hybridized carbons (Fsp3) is 0.556. The van der Waals surface area contributed by atoms with Crippen LogP contribution < -0.4 is 10.5 Å². The van der Waals surface area contributed by atoms with E-state index in [1.54, 1.807) is 11.6 Å². The maximum atomic E-state index is 12.8. The molecule has 0 spiro atoms. The van der Waals surface area contributed by atoms with Gasteiger partial charge in [0.25, 0.3) is 5.56 Å². The van der Waals surface area contributed by atoms with Gasteiger partial charge in [0, 0.05) is 25.7 Å². The van der Waals surface area contributed by atoms with Crippen molar-refractivity contribution in [2.45, 2.75) is 32.8 Å². The first-order valence-corrected chi connectivity index (χ1v) is 8.44. The molecular formula is C18H23N3O2. The minimum absolute atomic E-state index is 0.0289. The summed E-state index contributed by atoms with van der Waals surface area (Å²) >= 11 is 0. The van der Waals surface area contributed by atoms with E-state index in [0.717, 1.165) is 42.0 Å². The number of nitrogens with zero attached hydrogens (tertiary/aromatic N) is 3. The first-order valence-electron chi connectivity index (χ1n) is 8.44. The largest absolute Gasteiger partial charge is 0.388 e. The van der Waals surface area contributed by atoms with Gasteiger partial charge in [-0.05, 0) is 43.2 Å². The zero-order valence-electron chi connectivity index (χ0n) is 13.9. The quantitative estimate of drug-likeness (QED) is 0.943.